The lowest BCUT2D eigenvalue weighted by atomic mass is 10.00. The van der Waals surface area contributed by atoms with Gasteiger partial charge in [0.2, 0.25) is 12.1 Å². The summed E-state index contributed by atoms with van der Waals surface area (Å²) in [6, 6.07) is 10.2. The lowest BCUT2D eigenvalue weighted by Crippen LogP contribution is -2.30. The number of benzene rings is 1. The van der Waals surface area contributed by atoms with Crippen molar-refractivity contribution < 1.29 is 4.92 Å². The van der Waals surface area contributed by atoms with Gasteiger partial charge < -0.3 is 15.0 Å². The number of nitrogens with zero attached hydrogens (tertiary/aromatic N) is 4. The van der Waals surface area contributed by atoms with Crippen molar-refractivity contribution >= 4 is 17.2 Å². The van der Waals surface area contributed by atoms with Crippen LogP contribution in [-0.4, -0.2) is 27.6 Å². The SMILES string of the molecule is Cn1cnc([N+](=O)[O-])c1N1CC=C(c2ccccc2)CC1. The minimum absolute atomic E-state index is 0.0749. The molecule has 0 N–H and O–H groups in total. The highest BCUT2D eigenvalue weighted by atomic mass is 16.6. The standard InChI is InChI=1S/C15H16N4O2/c1-17-11-16-14(19(20)21)15(17)18-9-7-13(8-10-18)12-5-3-2-4-6-12/h2-7,11H,8-10H2,1H3. The third-order valence-electron chi connectivity index (χ3n) is 3.71. The number of hydrogen-bond acceptors (Lipinski definition) is 4. The van der Waals surface area contributed by atoms with Gasteiger partial charge in [-0.3, -0.25) is 4.57 Å². The average Bonchev–Trinajstić information content (AvgIpc) is 2.90. The molecule has 0 spiro atoms. The molecule has 0 aliphatic carbocycles. The van der Waals surface area contributed by atoms with Gasteiger partial charge in [-0.15, -0.1) is 0 Å². The first kappa shape index (κ1) is 13.4. The van der Waals surface area contributed by atoms with Crippen LogP contribution in [0.5, 0.6) is 0 Å². The number of hydrogen-bond donors (Lipinski definition) is 0. The van der Waals surface area contributed by atoms with Gasteiger partial charge in [-0.05, 0) is 27.5 Å². The fourth-order valence-electron chi connectivity index (χ4n) is 2.68. The molecular formula is C15H16N4O2. The van der Waals surface area contributed by atoms with E-state index in [0.29, 0.717) is 12.4 Å². The quantitative estimate of drug-likeness (QED) is 0.642. The van der Waals surface area contributed by atoms with Gasteiger partial charge in [0.15, 0.2) is 0 Å². The van der Waals surface area contributed by atoms with Gasteiger partial charge in [0.25, 0.3) is 0 Å². The topological polar surface area (TPSA) is 64.2 Å². The fraction of sp³-hybridized carbons (Fsp3) is 0.267. The Hall–Kier alpha value is -2.63. The normalized spacial score (nSPS) is 14.9. The molecule has 6 nitrogen and oxygen atoms in total. The summed E-state index contributed by atoms with van der Waals surface area (Å²) in [6.45, 7) is 1.41. The number of imidazole rings is 1. The first-order valence-electron chi connectivity index (χ1n) is 6.82. The van der Waals surface area contributed by atoms with E-state index < -0.39 is 4.92 Å². The number of anilines is 1. The molecule has 1 aromatic heterocycles. The van der Waals surface area contributed by atoms with Gasteiger partial charge in [0, 0.05) is 20.1 Å². The molecule has 1 aromatic carbocycles. The summed E-state index contributed by atoms with van der Waals surface area (Å²) in [7, 11) is 1.78. The first-order valence-corrected chi connectivity index (χ1v) is 6.82. The Bertz CT molecular complexity index is 691. The van der Waals surface area contributed by atoms with Crippen molar-refractivity contribution in [2.24, 2.45) is 7.05 Å². The lowest BCUT2D eigenvalue weighted by Gasteiger charge is -2.27. The van der Waals surface area contributed by atoms with E-state index in [1.807, 2.05) is 23.1 Å². The smallest absolute Gasteiger partial charge is 0.358 e. The molecule has 1 aliphatic heterocycles. The van der Waals surface area contributed by atoms with E-state index in [1.54, 1.807) is 11.6 Å². The molecule has 108 valence electrons. The van der Waals surface area contributed by atoms with Crippen LogP contribution in [0.3, 0.4) is 0 Å². The Kier molecular flexibility index (Phi) is 3.43. The van der Waals surface area contributed by atoms with Crippen molar-refractivity contribution in [3.8, 4) is 0 Å². The molecule has 0 atom stereocenters. The molecule has 0 saturated heterocycles. The van der Waals surface area contributed by atoms with Gasteiger partial charge in [0.05, 0.1) is 0 Å². The molecule has 2 heterocycles. The van der Waals surface area contributed by atoms with E-state index in [9.17, 15) is 10.1 Å². The second-order valence-corrected chi connectivity index (χ2v) is 5.05. The molecule has 0 saturated carbocycles. The Morgan fingerprint density at radius 1 is 1.29 bits per heavy atom. The zero-order valence-electron chi connectivity index (χ0n) is 11.8. The van der Waals surface area contributed by atoms with Crippen LogP contribution in [0.1, 0.15) is 12.0 Å². The van der Waals surface area contributed by atoms with Crippen LogP contribution in [0, 0.1) is 10.1 Å². The third kappa shape index (κ3) is 2.52. The number of aryl methyl sites for hydroxylation is 1. The Labute approximate surface area is 122 Å². The second kappa shape index (κ2) is 5.40. The Balaban J connectivity index is 1.84. The summed E-state index contributed by atoms with van der Waals surface area (Å²) in [5, 5.41) is 11.1. The molecule has 0 bridgehead atoms. The largest absolute Gasteiger partial charge is 0.406 e. The van der Waals surface area contributed by atoms with E-state index in [4.69, 9.17) is 0 Å². The van der Waals surface area contributed by atoms with Crippen molar-refractivity contribution in [2.75, 3.05) is 18.0 Å². The molecule has 0 fully saturated rings. The summed E-state index contributed by atoms with van der Waals surface area (Å²) in [4.78, 5) is 16.5. The molecule has 3 rings (SSSR count). The number of aromatic nitrogens is 2. The van der Waals surface area contributed by atoms with Crippen LogP contribution in [0.15, 0.2) is 42.7 Å². The van der Waals surface area contributed by atoms with Crippen molar-refractivity contribution in [1.29, 1.82) is 0 Å². The maximum Gasteiger partial charge on any atom is 0.406 e. The lowest BCUT2D eigenvalue weighted by molar-refractivity contribution is -0.388. The molecule has 21 heavy (non-hydrogen) atoms. The number of rotatable bonds is 3. The highest BCUT2D eigenvalue weighted by Gasteiger charge is 2.26. The molecular weight excluding hydrogens is 268 g/mol. The van der Waals surface area contributed by atoms with Gasteiger partial charge in [0.1, 0.15) is 0 Å². The molecule has 0 radical (unpaired) electrons. The molecule has 0 amide bonds. The monoisotopic (exact) mass is 284 g/mol. The molecule has 6 heteroatoms. The van der Waals surface area contributed by atoms with Gasteiger partial charge >= 0.3 is 5.82 Å². The maximum atomic E-state index is 11.1. The van der Waals surface area contributed by atoms with Crippen molar-refractivity contribution in [2.45, 2.75) is 6.42 Å². The average molecular weight is 284 g/mol. The summed E-state index contributed by atoms with van der Waals surface area (Å²) >= 11 is 0. The van der Waals surface area contributed by atoms with Gasteiger partial charge in [-0.2, -0.15) is 0 Å². The molecule has 2 aromatic rings. The maximum absolute atomic E-state index is 11.1. The zero-order chi connectivity index (χ0) is 14.8. The van der Waals surface area contributed by atoms with E-state index in [-0.39, 0.29) is 5.82 Å². The first-order chi connectivity index (χ1) is 10.2. The van der Waals surface area contributed by atoms with Crippen LogP contribution in [0.25, 0.3) is 5.57 Å². The predicted octanol–water partition coefficient (Wildman–Crippen LogP) is 2.62. The fourth-order valence-corrected chi connectivity index (χ4v) is 2.68. The summed E-state index contributed by atoms with van der Waals surface area (Å²) in [5.41, 5.74) is 2.51. The van der Waals surface area contributed by atoms with Crippen molar-refractivity contribution in [1.82, 2.24) is 9.55 Å². The second-order valence-electron chi connectivity index (χ2n) is 5.05. The molecule has 0 unspecified atom stereocenters. The van der Waals surface area contributed by atoms with Crippen LogP contribution >= 0.6 is 0 Å². The Morgan fingerprint density at radius 3 is 2.67 bits per heavy atom. The highest BCUT2D eigenvalue weighted by Crippen LogP contribution is 2.30. The van der Waals surface area contributed by atoms with E-state index in [1.165, 1.54) is 17.5 Å². The minimum atomic E-state index is -0.425. The van der Waals surface area contributed by atoms with Gasteiger partial charge in [-0.25, -0.2) is 0 Å². The summed E-state index contributed by atoms with van der Waals surface area (Å²) < 4.78 is 1.71. The van der Waals surface area contributed by atoms with Crippen LogP contribution in [0.2, 0.25) is 0 Å². The van der Waals surface area contributed by atoms with Crippen molar-refractivity contribution in [3.63, 3.8) is 0 Å². The van der Waals surface area contributed by atoms with E-state index in [2.05, 4.69) is 23.2 Å². The van der Waals surface area contributed by atoms with Crippen molar-refractivity contribution in [3.05, 3.63) is 58.4 Å². The van der Waals surface area contributed by atoms with E-state index >= 15 is 0 Å². The Morgan fingerprint density at radius 2 is 2.05 bits per heavy atom. The highest BCUT2D eigenvalue weighted by molar-refractivity contribution is 5.69. The third-order valence-corrected chi connectivity index (χ3v) is 3.71. The zero-order valence-corrected chi connectivity index (χ0v) is 11.8. The molecule has 1 aliphatic rings. The summed E-state index contributed by atoms with van der Waals surface area (Å²) in [5.74, 6) is 0.498. The van der Waals surface area contributed by atoms with Crippen LogP contribution in [-0.2, 0) is 7.05 Å². The minimum Gasteiger partial charge on any atom is -0.358 e. The van der Waals surface area contributed by atoms with Gasteiger partial charge in [-0.1, -0.05) is 36.4 Å². The number of nitro groups is 1. The van der Waals surface area contributed by atoms with Crippen LogP contribution in [0.4, 0.5) is 11.6 Å². The van der Waals surface area contributed by atoms with Crippen LogP contribution < -0.4 is 4.90 Å². The van der Waals surface area contributed by atoms with E-state index in [0.717, 1.165) is 13.0 Å². The predicted molar refractivity (Wildman–Crippen MR) is 81.1 cm³/mol. The summed E-state index contributed by atoms with van der Waals surface area (Å²) in [6.07, 6.45) is 4.49.